The lowest BCUT2D eigenvalue weighted by atomic mass is 9.96. The van der Waals surface area contributed by atoms with E-state index in [1.54, 1.807) is 0 Å². The summed E-state index contributed by atoms with van der Waals surface area (Å²) in [6.07, 6.45) is 1.28. The summed E-state index contributed by atoms with van der Waals surface area (Å²) >= 11 is 0. The van der Waals surface area contributed by atoms with Crippen LogP contribution in [0.15, 0.2) is 24.3 Å². The molecule has 1 nitrogen and oxygen atoms in total. The first-order valence-corrected chi connectivity index (χ1v) is 5.05. The van der Waals surface area contributed by atoms with Crippen molar-refractivity contribution in [1.82, 2.24) is 5.32 Å². The van der Waals surface area contributed by atoms with Gasteiger partial charge in [-0.2, -0.15) is 0 Å². The van der Waals surface area contributed by atoms with Crippen LogP contribution in [0.5, 0.6) is 0 Å². The topological polar surface area (TPSA) is 12.0 Å². The van der Waals surface area contributed by atoms with Crippen LogP contribution >= 0.6 is 0 Å². The molecule has 1 aliphatic rings. The summed E-state index contributed by atoms with van der Waals surface area (Å²) in [6, 6.07) is 9.63. The molecule has 1 saturated heterocycles. The first-order chi connectivity index (χ1) is 6.25. The molecule has 1 fully saturated rings. The maximum Gasteiger partial charge on any atom is 0.00452 e. The van der Waals surface area contributed by atoms with Crippen molar-refractivity contribution in [2.45, 2.75) is 32.2 Å². The Hall–Kier alpha value is -0.820. The highest BCUT2D eigenvalue weighted by molar-refractivity contribution is 5.25. The van der Waals surface area contributed by atoms with Gasteiger partial charge in [0.05, 0.1) is 0 Å². The van der Waals surface area contributed by atoms with E-state index in [0.717, 1.165) is 12.5 Å². The van der Waals surface area contributed by atoms with Crippen molar-refractivity contribution in [2.24, 2.45) is 0 Å². The molecular formula is C12H17N. The van der Waals surface area contributed by atoms with Crippen molar-refractivity contribution in [1.29, 1.82) is 0 Å². The number of nitrogens with one attached hydrogen (secondary N) is 1. The molecule has 1 heterocycles. The van der Waals surface area contributed by atoms with Gasteiger partial charge < -0.3 is 5.32 Å². The fourth-order valence-corrected chi connectivity index (χ4v) is 2.03. The highest BCUT2D eigenvalue weighted by Crippen LogP contribution is 2.25. The molecule has 1 N–H and O–H groups in total. The molecule has 1 aliphatic heterocycles. The van der Waals surface area contributed by atoms with E-state index in [1.807, 2.05) is 0 Å². The third-order valence-electron chi connectivity index (χ3n) is 2.90. The first-order valence-electron chi connectivity index (χ1n) is 5.05. The van der Waals surface area contributed by atoms with Crippen LogP contribution in [0.25, 0.3) is 0 Å². The van der Waals surface area contributed by atoms with Crippen molar-refractivity contribution in [3.8, 4) is 0 Å². The summed E-state index contributed by atoms with van der Waals surface area (Å²) in [5.41, 5.74) is 2.84. The molecule has 0 radical (unpaired) electrons. The van der Waals surface area contributed by atoms with Gasteiger partial charge in [0.2, 0.25) is 0 Å². The Morgan fingerprint density at radius 2 is 1.92 bits per heavy atom. The lowest BCUT2D eigenvalue weighted by Gasteiger charge is -2.08. The van der Waals surface area contributed by atoms with E-state index in [1.165, 1.54) is 17.5 Å². The molecule has 0 bridgehead atoms. The van der Waals surface area contributed by atoms with Crippen molar-refractivity contribution in [2.75, 3.05) is 6.54 Å². The van der Waals surface area contributed by atoms with E-state index >= 15 is 0 Å². The summed E-state index contributed by atoms with van der Waals surface area (Å²) in [7, 11) is 0. The van der Waals surface area contributed by atoms with Crippen LogP contribution in [0.4, 0.5) is 0 Å². The molecule has 70 valence electrons. The molecule has 2 atom stereocenters. The number of hydrogen-bond donors (Lipinski definition) is 1. The molecule has 1 aromatic rings. The molecular weight excluding hydrogens is 158 g/mol. The van der Waals surface area contributed by atoms with Gasteiger partial charge in [-0.25, -0.2) is 0 Å². The van der Waals surface area contributed by atoms with E-state index < -0.39 is 0 Å². The zero-order valence-corrected chi connectivity index (χ0v) is 8.38. The van der Waals surface area contributed by atoms with Gasteiger partial charge in [-0.05, 0) is 31.7 Å². The second-order valence-electron chi connectivity index (χ2n) is 4.15. The third kappa shape index (κ3) is 1.92. The van der Waals surface area contributed by atoms with E-state index in [0.29, 0.717) is 6.04 Å². The minimum absolute atomic E-state index is 0.686. The van der Waals surface area contributed by atoms with Gasteiger partial charge in [0.1, 0.15) is 0 Å². The van der Waals surface area contributed by atoms with Crippen LogP contribution in [0.1, 0.15) is 30.4 Å². The number of hydrogen-bond acceptors (Lipinski definition) is 1. The van der Waals surface area contributed by atoms with Crippen LogP contribution in [-0.4, -0.2) is 12.6 Å². The second kappa shape index (κ2) is 3.51. The summed E-state index contributed by atoms with van der Waals surface area (Å²) in [5.74, 6) is 0.732. The van der Waals surface area contributed by atoms with Gasteiger partial charge in [0.25, 0.3) is 0 Å². The van der Waals surface area contributed by atoms with Gasteiger partial charge >= 0.3 is 0 Å². The van der Waals surface area contributed by atoms with Gasteiger partial charge in [-0.1, -0.05) is 29.8 Å². The van der Waals surface area contributed by atoms with Gasteiger partial charge in [-0.3, -0.25) is 0 Å². The highest BCUT2D eigenvalue weighted by atomic mass is 14.9. The molecule has 13 heavy (non-hydrogen) atoms. The van der Waals surface area contributed by atoms with Crippen LogP contribution < -0.4 is 5.32 Å². The van der Waals surface area contributed by atoms with Crippen LogP contribution in [-0.2, 0) is 0 Å². The second-order valence-corrected chi connectivity index (χ2v) is 4.15. The van der Waals surface area contributed by atoms with E-state index in [-0.39, 0.29) is 0 Å². The summed E-state index contributed by atoms with van der Waals surface area (Å²) in [4.78, 5) is 0. The Balaban J connectivity index is 2.13. The maximum absolute atomic E-state index is 3.48. The highest BCUT2D eigenvalue weighted by Gasteiger charge is 2.21. The molecule has 0 saturated carbocycles. The fraction of sp³-hybridized carbons (Fsp3) is 0.500. The fourth-order valence-electron chi connectivity index (χ4n) is 2.03. The zero-order valence-electron chi connectivity index (χ0n) is 8.38. The lowest BCUT2D eigenvalue weighted by Crippen LogP contribution is -2.16. The van der Waals surface area contributed by atoms with Crippen LogP contribution in [0.2, 0.25) is 0 Å². The quantitative estimate of drug-likeness (QED) is 0.691. The van der Waals surface area contributed by atoms with Crippen molar-refractivity contribution >= 4 is 0 Å². The Morgan fingerprint density at radius 1 is 1.23 bits per heavy atom. The molecule has 0 aliphatic carbocycles. The van der Waals surface area contributed by atoms with E-state index in [2.05, 4.69) is 43.4 Å². The van der Waals surface area contributed by atoms with Crippen molar-refractivity contribution in [3.05, 3.63) is 35.4 Å². The van der Waals surface area contributed by atoms with Gasteiger partial charge in [0, 0.05) is 12.6 Å². The summed E-state index contributed by atoms with van der Waals surface area (Å²) in [6.45, 7) is 5.54. The molecule has 0 aromatic heterocycles. The Labute approximate surface area is 80.2 Å². The Morgan fingerprint density at radius 3 is 2.46 bits per heavy atom. The smallest absolute Gasteiger partial charge is 0.00452 e. The van der Waals surface area contributed by atoms with Crippen LogP contribution in [0.3, 0.4) is 0 Å². The van der Waals surface area contributed by atoms with Crippen molar-refractivity contribution < 1.29 is 0 Å². The van der Waals surface area contributed by atoms with E-state index in [4.69, 9.17) is 0 Å². The minimum atomic E-state index is 0.686. The normalized spacial score (nSPS) is 27.8. The lowest BCUT2D eigenvalue weighted by molar-refractivity contribution is 0.658. The van der Waals surface area contributed by atoms with Gasteiger partial charge in [-0.15, -0.1) is 0 Å². The molecule has 1 aromatic carbocycles. The largest absolute Gasteiger partial charge is 0.314 e. The zero-order chi connectivity index (χ0) is 9.26. The van der Waals surface area contributed by atoms with E-state index in [9.17, 15) is 0 Å². The predicted octanol–water partition coefficient (Wildman–Crippen LogP) is 2.46. The average Bonchev–Trinajstić information content (AvgIpc) is 2.53. The number of rotatable bonds is 1. The van der Waals surface area contributed by atoms with Gasteiger partial charge in [0.15, 0.2) is 0 Å². The molecule has 1 heteroatoms. The minimum Gasteiger partial charge on any atom is -0.314 e. The predicted molar refractivity (Wildman–Crippen MR) is 56.0 cm³/mol. The van der Waals surface area contributed by atoms with Crippen molar-refractivity contribution in [3.63, 3.8) is 0 Å². The maximum atomic E-state index is 3.48. The number of aryl methyl sites for hydroxylation is 1. The van der Waals surface area contributed by atoms with Crippen LogP contribution in [0, 0.1) is 6.92 Å². The average molecular weight is 175 g/mol. The molecule has 0 unspecified atom stereocenters. The molecule has 0 spiro atoms. The first kappa shape index (κ1) is 8.76. The number of benzene rings is 1. The summed E-state index contributed by atoms with van der Waals surface area (Å²) in [5, 5.41) is 3.48. The Kier molecular flexibility index (Phi) is 2.36. The molecule has 0 amide bonds. The standard InChI is InChI=1S/C12H17N/c1-9-3-5-11(6-4-9)12-7-10(2)13-8-12/h3-6,10,12-13H,7-8H2,1-2H3/t10-,12-/m1/s1. The third-order valence-corrected chi connectivity index (χ3v) is 2.90. The molecule has 2 rings (SSSR count). The SMILES string of the molecule is Cc1ccc([C@H]2CN[C@H](C)C2)cc1. The Bertz CT molecular complexity index is 276. The summed E-state index contributed by atoms with van der Waals surface area (Å²) < 4.78 is 0. The monoisotopic (exact) mass is 175 g/mol.